The lowest BCUT2D eigenvalue weighted by molar-refractivity contribution is 0.272. The second-order valence-corrected chi connectivity index (χ2v) is 3.76. The van der Waals surface area contributed by atoms with Gasteiger partial charge in [-0.1, -0.05) is 12.2 Å². The number of rotatable bonds is 2. The van der Waals surface area contributed by atoms with E-state index in [9.17, 15) is 12.9 Å². The van der Waals surface area contributed by atoms with Crippen LogP contribution in [0.5, 0.6) is 0 Å². The molecule has 0 amide bonds. The van der Waals surface area contributed by atoms with Crippen LogP contribution < -0.4 is 0 Å². The number of hydrogen-bond acceptors (Lipinski definition) is 1. The fourth-order valence-electron chi connectivity index (χ4n) is 1.59. The molecular weight excluding hydrogens is 166 g/mol. The number of likely N-dealkylation sites (tertiary alicyclic amines) is 1. The highest BCUT2D eigenvalue weighted by molar-refractivity contribution is 6.60. The maximum absolute atomic E-state index is 12.2. The molecule has 0 radical (unpaired) electrons. The molecule has 0 aromatic rings. The molecule has 1 fully saturated rings. The molecule has 1 aliphatic rings. The number of hydrogen-bond donors (Lipinski definition) is 0. The van der Waals surface area contributed by atoms with Crippen LogP contribution >= 0.6 is 0 Å². The third-order valence-corrected chi connectivity index (χ3v) is 2.52. The van der Waals surface area contributed by atoms with Crippen molar-refractivity contribution in [2.45, 2.75) is 32.1 Å². The van der Waals surface area contributed by atoms with Crippen molar-refractivity contribution in [3.63, 3.8) is 0 Å². The van der Waals surface area contributed by atoms with E-state index in [1.165, 1.54) is 0 Å². The summed E-state index contributed by atoms with van der Waals surface area (Å²) < 4.78 is 36.7. The lowest BCUT2D eigenvalue weighted by Gasteiger charge is -2.24. The summed E-state index contributed by atoms with van der Waals surface area (Å²) in [4.78, 5) is 1.89. The van der Waals surface area contributed by atoms with Gasteiger partial charge >= 0.3 is 6.98 Å². The zero-order valence-electron chi connectivity index (χ0n) is 7.43. The van der Waals surface area contributed by atoms with Crippen molar-refractivity contribution in [2.75, 3.05) is 13.1 Å². The van der Waals surface area contributed by atoms with Crippen molar-refractivity contribution in [1.82, 2.24) is 4.90 Å². The molecule has 1 rings (SSSR count). The van der Waals surface area contributed by atoms with Crippen molar-refractivity contribution < 1.29 is 12.9 Å². The Hall–Kier alpha value is -0.185. The summed E-state index contributed by atoms with van der Waals surface area (Å²) in [5.41, 5.74) is 0. The molecule has 1 nitrogen and oxygen atoms in total. The molecule has 0 aliphatic carbocycles. The Morgan fingerprint density at radius 1 is 1.33 bits per heavy atom. The predicted octanol–water partition coefficient (Wildman–Crippen LogP) is 2.32. The van der Waals surface area contributed by atoms with Crippen LogP contribution in [0.1, 0.15) is 20.3 Å². The van der Waals surface area contributed by atoms with E-state index in [1.807, 2.05) is 18.7 Å². The van der Waals surface area contributed by atoms with E-state index in [2.05, 4.69) is 0 Å². The summed E-state index contributed by atoms with van der Waals surface area (Å²) >= 11 is 0. The first-order valence-corrected chi connectivity index (χ1v) is 4.35. The summed E-state index contributed by atoms with van der Waals surface area (Å²) in [5, 5.41) is 0. The molecule has 1 aliphatic heterocycles. The second kappa shape index (κ2) is 3.28. The van der Waals surface area contributed by atoms with E-state index in [4.69, 9.17) is 0 Å². The molecular formula is C7H14BF3N-. The van der Waals surface area contributed by atoms with Gasteiger partial charge in [0.15, 0.2) is 0 Å². The van der Waals surface area contributed by atoms with E-state index < -0.39 is 12.8 Å². The van der Waals surface area contributed by atoms with Crippen LogP contribution in [-0.2, 0) is 0 Å². The smallest absolute Gasteiger partial charge is 0.449 e. The minimum absolute atomic E-state index is 0.209. The Morgan fingerprint density at radius 3 is 2.17 bits per heavy atom. The van der Waals surface area contributed by atoms with Crippen molar-refractivity contribution >= 4 is 6.98 Å². The molecule has 0 aromatic heterocycles. The van der Waals surface area contributed by atoms with Crippen LogP contribution in [0.2, 0.25) is 5.82 Å². The largest absolute Gasteiger partial charge is 0.482 e. The monoisotopic (exact) mass is 180 g/mol. The molecule has 0 bridgehead atoms. The summed E-state index contributed by atoms with van der Waals surface area (Å²) in [6.07, 6.45) is 0.293. The number of nitrogens with zero attached hydrogens (tertiary/aromatic N) is 1. The van der Waals surface area contributed by atoms with Gasteiger partial charge in [-0.2, -0.15) is 0 Å². The number of halogens is 3. The Bertz CT molecular complexity index is 157. The summed E-state index contributed by atoms with van der Waals surface area (Å²) in [7, 11) is 0. The van der Waals surface area contributed by atoms with Gasteiger partial charge in [-0.05, 0) is 26.9 Å². The molecule has 1 saturated heterocycles. The van der Waals surface area contributed by atoms with Gasteiger partial charge in [0, 0.05) is 6.04 Å². The van der Waals surface area contributed by atoms with E-state index >= 15 is 0 Å². The van der Waals surface area contributed by atoms with E-state index in [0.29, 0.717) is 13.0 Å². The molecule has 0 spiro atoms. The maximum atomic E-state index is 12.2. The van der Waals surface area contributed by atoms with Crippen LogP contribution in [0.15, 0.2) is 0 Å². The fourth-order valence-corrected chi connectivity index (χ4v) is 1.59. The lowest BCUT2D eigenvalue weighted by Crippen LogP contribution is -2.31. The van der Waals surface area contributed by atoms with Crippen molar-refractivity contribution in [1.29, 1.82) is 0 Å². The Balaban J connectivity index is 2.46. The Morgan fingerprint density at radius 2 is 1.92 bits per heavy atom. The summed E-state index contributed by atoms with van der Waals surface area (Å²) in [6.45, 7) is 0.0757. The van der Waals surface area contributed by atoms with Gasteiger partial charge in [0.2, 0.25) is 0 Å². The highest BCUT2D eigenvalue weighted by Gasteiger charge is 2.39. The van der Waals surface area contributed by atoms with E-state index in [-0.39, 0.29) is 12.6 Å². The first-order chi connectivity index (χ1) is 5.41. The first kappa shape index (κ1) is 9.90. The molecule has 0 aromatic carbocycles. The van der Waals surface area contributed by atoms with Crippen LogP contribution in [-0.4, -0.2) is 31.0 Å². The van der Waals surface area contributed by atoms with Crippen LogP contribution in [0.25, 0.3) is 0 Å². The minimum Gasteiger partial charge on any atom is -0.449 e. The predicted molar refractivity (Wildman–Crippen MR) is 44.2 cm³/mol. The highest BCUT2D eigenvalue weighted by Crippen LogP contribution is 2.35. The molecule has 0 saturated carbocycles. The van der Waals surface area contributed by atoms with Gasteiger partial charge in [-0.15, -0.1) is 0 Å². The van der Waals surface area contributed by atoms with E-state index in [1.54, 1.807) is 0 Å². The molecule has 72 valence electrons. The normalized spacial score (nSPS) is 27.0. The highest BCUT2D eigenvalue weighted by atomic mass is 19.4. The zero-order valence-corrected chi connectivity index (χ0v) is 7.43. The van der Waals surface area contributed by atoms with E-state index in [0.717, 1.165) is 0 Å². The summed E-state index contributed by atoms with van der Waals surface area (Å²) in [5.74, 6) is -1.03. The van der Waals surface area contributed by atoms with Gasteiger partial charge < -0.3 is 17.8 Å². The minimum atomic E-state index is -4.61. The van der Waals surface area contributed by atoms with Gasteiger partial charge in [0.1, 0.15) is 0 Å². The first-order valence-electron chi connectivity index (χ1n) is 4.35. The Kier molecular flexibility index (Phi) is 2.71. The van der Waals surface area contributed by atoms with Crippen molar-refractivity contribution in [3.8, 4) is 0 Å². The Labute approximate surface area is 71.0 Å². The zero-order chi connectivity index (χ0) is 9.35. The standard InChI is InChI=1S/C7H14BF3N/c1-6(2)12-4-3-7(5-12)8(9,10)11/h6-7H,3-5H2,1-2H3/q-1. The maximum Gasteiger partial charge on any atom is 0.482 e. The molecule has 0 N–H and O–H groups in total. The van der Waals surface area contributed by atoms with Crippen molar-refractivity contribution in [3.05, 3.63) is 0 Å². The quantitative estimate of drug-likeness (QED) is 0.589. The van der Waals surface area contributed by atoms with Gasteiger partial charge in [-0.3, -0.25) is 0 Å². The lowest BCUT2D eigenvalue weighted by atomic mass is 9.72. The van der Waals surface area contributed by atoms with Crippen LogP contribution in [0.3, 0.4) is 0 Å². The van der Waals surface area contributed by atoms with Gasteiger partial charge in [-0.25, -0.2) is 0 Å². The average molecular weight is 180 g/mol. The summed E-state index contributed by atoms with van der Waals surface area (Å²) in [6, 6.07) is 0.244. The molecule has 1 heterocycles. The topological polar surface area (TPSA) is 3.24 Å². The molecule has 5 heteroatoms. The van der Waals surface area contributed by atoms with Crippen molar-refractivity contribution in [2.24, 2.45) is 0 Å². The van der Waals surface area contributed by atoms with Gasteiger partial charge in [0.05, 0.1) is 0 Å². The van der Waals surface area contributed by atoms with Crippen LogP contribution in [0, 0.1) is 0 Å². The third kappa shape index (κ3) is 2.15. The van der Waals surface area contributed by atoms with Crippen LogP contribution in [0.4, 0.5) is 12.9 Å². The molecule has 1 unspecified atom stereocenters. The molecule has 12 heavy (non-hydrogen) atoms. The van der Waals surface area contributed by atoms with Gasteiger partial charge in [0.25, 0.3) is 0 Å². The third-order valence-electron chi connectivity index (χ3n) is 2.52. The molecule has 1 atom stereocenters. The fraction of sp³-hybridized carbons (Fsp3) is 1.00. The average Bonchev–Trinajstić information content (AvgIpc) is 2.30. The second-order valence-electron chi connectivity index (χ2n) is 3.76. The SMILES string of the molecule is CC(C)N1CCC([B-](F)(F)F)C1.